The van der Waals surface area contributed by atoms with E-state index in [0.717, 1.165) is 18.5 Å². The molecule has 0 saturated heterocycles. The molecule has 1 aromatic rings. The number of hydrogen-bond acceptors (Lipinski definition) is 2. The Morgan fingerprint density at radius 2 is 2.36 bits per heavy atom. The normalized spacial score (nSPS) is 10.3. The Hall–Kier alpha value is -0.990. The summed E-state index contributed by atoms with van der Waals surface area (Å²) in [5, 5.41) is 0. The van der Waals surface area contributed by atoms with Gasteiger partial charge in [-0.05, 0) is 12.8 Å². The third kappa shape index (κ3) is 2.62. The second-order valence-corrected chi connectivity index (χ2v) is 2.63. The monoisotopic (exact) mass is 155 g/mol. The SMILES string of the molecule is CCCCCc1coc(=O)[nH]1. The van der Waals surface area contributed by atoms with E-state index >= 15 is 0 Å². The van der Waals surface area contributed by atoms with Gasteiger partial charge in [-0.1, -0.05) is 19.8 Å². The molecule has 0 aliphatic carbocycles. The summed E-state index contributed by atoms with van der Waals surface area (Å²) in [4.78, 5) is 13.1. The van der Waals surface area contributed by atoms with Crippen molar-refractivity contribution >= 4 is 0 Å². The molecule has 11 heavy (non-hydrogen) atoms. The maximum Gasteiger partial charge on any atom is 0.416 e. The van der Waals surface area contributed by atoms with Gasteiger partial charge in [0.1, 0.15) is 6.26 Å². The zero-order valence-electron chi connectivity index (χ0n) is 6.72. The number of nitrogens with one attached hydrogen (secondary N) is 1. The lowest BCUT2D eigenvalue weighted by Crippen LogP contribution is -1.96. The van der Waals surface area contributed by atoms with Crippen LogP contribution in [0.3, 0.4) is 0 Å². The minimum atomic E-state index is -0.350. The molecular weight excluding hydrogens is 142 g/mol. The summed E-state index contributed by atoms with van der Waals surface area (Å²) in [6, 6.07) is 0. The number of hydrogen-bond donors (Lipinski definition) is 1. The summed E-state index contributed by atoms with van der Waals surface area (Å²) in [6.07, 6.45) is 5.93. The second kappa shape index (κ2) is 4.01. The van der Waals surface area contributed by atoms with Crippen LogP contribution >= 0.6 is 0 Å². The van der Waals surface area contributed by atoms with Crippen LogP contribution in [0.5, 0.6) is 0 Å². The molecule has 1 aromatic heterocycles. The van der Waals surface area contributed by atoms with Crippen LogP contribution < -0.4 is 5.76 Å². The van der Waals surface area contributed by atoms with Gasteiger partial charge in [0.05, 0.1) is 5.69 Å². The highest BCUT2D eigenvalue weighted by molar-refractivity contribution is 4.90. The first-order chi connectivity index (χ1) is 5.33. The van der Waals surface area contributed by atoms with Crippen LogP contribution in [-0.2, 0) is 6.42 Å². The van der Waals surface area contributed by atoms with E-state index in [1.165, 1.54) is 19.1 Å². The summed E-state index contributed by atoms with van der Waals surface area (Å²) in [5.74, 6) is -0.350. The summed E-state index contributed by atoms with van der Waals surface area (Å²) in [5.41, 5.74) is 0.906. The summed E-state index contributed by atoms with van der Waals surface area (Å²) < 4.78 is 4.58. The molecule has 0 fully saturated rings. The first-order valence-corrected chi connectivity index (χ1v) is 3.99. The molecule has 0 saturated carbocycles. The Morgan fingerprint density at radius 3 is 2.91 bits per heavy atom. The molecule has 62 valence electrons. The van der Waals surface area contributed by atoms with Gasteiger partial charge in [-0.25, -0.2) is 4.79 Å². The van der Waals surface area contributed by atoms with E-state index in [2.05, 4.69) is 16.3 Å². The van der Waals surface area contributed by atoms with Crippen molar-refractivity contribution < 1.29 is 4.42 Å². The molecule has 0 bridgehead atoms. The fourth-order valence-electron chi connectivity index (χ4n) is 1.00. The molecular formula is C8H13NO2. The van der Waals surface area contributed by atoms with Crippen LogP contribution in [0.4, 0.5) is 0 Å². The van der Waals surface area contributed by atoms with Crippen LogP contribution in [-0.4, -0.2) is 4.98 Å². The number of unbranched alkanes of at least 4 members (excludes halogenated alkanes) is 2. The minimum absolute atomic E-state index is 0.350. The van der Waals surface area contributed by atoms with Gasteiger partial charge in [-0.3, -0.25) is 4.98 Å². The standard InChI is InChI=1S/C8H13NO2/c1-2-3-4-5-7-6-11-8(10)9-7/h6H,2-5H2,1H3,(H,9,10). The first-order valence-electron chi connectivity index (χ1n) is 3.99. The van der Waals surface area contributed by atoms with E-state index in [9.17, 15) is 4.79 Å². The van der Waals surface area contributed by atoms with Crippen LogP contribution in [0.2, 0.25) is 0 Å². The Labute approximate surface area is 65.4 Å². The first kappa shape index (κ1) is 8.11. The Bertz CT molecular complexity index is 249. The van der Waals surface area contributed by atoms with Crippen molar-refractivity contribution in [3.63, 3.8) is 0 Å². The van der Waals surface area contributed by atoms with Crippen molar-refractivity contribution in [2.45, 2.75) is 32.6 Å². The van der Waals surface area contributed by atoms with Gasteiger partial charge in [0.25, 0.3) is 0 Å². The molecule has 1 heterocycles. The number of aryl methyl sites for hydroxylation is 1. The maximum atomic E-state index is 10.5. The number of aromatic nitrogens is 1. The predicted molar refractivity (Wildman–Crippen MR) is 42.6 cm³/mol. The summed E-state index contributed by atoms with van der Waals surface area (Å²) >= 11 is 0. The molecule has 0 atom stereocenters. The van der Waals surface area contributed by atoms with Crippen molar-refractivity contribution in [2.75, 3.05) is 0 Å². The molecule has 0 aliphatic rings. The molecule has 1 rings (SSSR count). The van der Waals surface area contributed by atoms with Gasteiger partial charge >= 0.3 is 5.76 Å². The fourth-order valence-corrected chi connectivity index (χ4v) is 1.00. The van der Waals surface area contributed by atoms with Crippen molar-refractivity contribution in [3.8, 4) is 0 Å². The molecule has 0 radical (unpaired) electrons. The quantitative estimate of drug-likeness (QED) is 0.672. The highest BCUT2D eigenvalue weighted by Gasteiger charge is 1.95. The van der Waals surface area contributed by atoms with Crippen molar-refractivity contribution in [1.82, 2.24) is 4.98 Å². The fraction of sp³-hybridized carbons (Fsp3) is 0.625. The number of H-pyrrole nitrogens is 1. The molecule has 0 amide bonds. The third-order valence-electron chi connectivity index (χ3n) is 1.62. The lowest BCUT2D eigenvalue weighted by atomic mass is 10.2. The van der Waals surface area contributed by atoms with E-state index in [4.69, 9.17) is 0 Å². The molecule has 3 heteroatoms. The van der Waals surface area contributed by atoms with Gasteiger partial charge < -0.3 is 4.42 Å². The topological polar surface area (TPSA) is 46.0 Å². The van der Waals surface area contributed by atoms with Crippen LogP contribution in [0, 0.1) is 0 Å². The van der Waals surface area contributed by atoms with Gasteiger partial charge in [-0.2, -0.15) is 0 Å². The molecule has 0 unspecified atom stereocenters. The predicted octanol–water partition coefficient (Wildman–Crippen LogP) is 1.70. The number of oxazole rings is 1. The van der Waals surface area contributed by atoms with Crippen LogP contribution in [0.1, 0.15) is 31.9 Å². The van der Waals surface area contributed by atoms with Gasteiger partial charge in [0.15, 0.2) is 0 Å². The van der Waals surface area contributed by atoms with Crippen molar-refractivity contribution in [1.29, 1.82) is 0 Å². The van der Waals surface area contributed by atoms with Gasteiger partial charge in [-0.15, -0.1) is 0 Å². The third-order valence-corrected chi connectivity index (χ3v) is 1.62. The Balaban J connectivity index is 2.33. The van der Waals surface area contributed by atoms with E-state index in [1.54, 1.807) is 0 Å². The van der Waals surface area contributed by atoms with Crippen molar-refractivity contribution in [2.24, 2.45) is 0 Å². The van der Waals surface area contributed by atoms with Gasteiger partial charge in [0, 0.05) is 0 Å². The summed E-state index contributed by atoms with van der Waals surface area (Å²) in [7, 11) is 0. The number of aromatic amines is 1. The Kier molecular flexibility index (Phi) is 2.95. The number of rotatable bonds is 4. The summed E-state index contributed by atoms with van der Waals surface area (Å²) in [6.45, 7) is 2.15. The van der Waals surface area contributed by atoms with Crippen LogP contribution in [0.15, 0.2) is 15.5 Å². The lowest BCUT2D eigenvalue weighted by molar-refractivity contribution is 0.514. The average Bonchev–Trinajstić information content (AvgIpc) is 2.37. The molecule has 3 nitrogen and oxygen atoms in total. The van der Waals surface area contributed by atoms with Crippen LogP contribution in [0.25, 0.3) is 0 Å². The van der Waals surface area contributed by atoms with Gasteiger partial charge in [0.2, 0.25) is 0 Å². The smallest absolute Gasteiger partial charge is 0.416 e. The largest absolute Gasteiger partial charge is 0.416 e. The minimum Gasteiger partial charge on any atom is -0.416 e. The highest BCUT2D eigenvalue weighted by Crippen LogP contribution is 2.01. The lowest BCUT2D eigenvalue weighted by Gasteiger charge is -1.92. The zero-order chi connectivity index (χ0) is 8.10. The average molecular weight is 155 g/mol. The van der Waals surface area contributed by atoms with E-state index in [0.29, 0.717) is 0 Å². The molecule has 0 aliphatic heterocycles. The van der Waals surface area contributed by atoms with E-state index < -0.39 is 0 Å². The molecule has 0 aromatic carbocycles. The molecule has 0 spiro atoms. The highest BCUT2D eigenvalue weighted by atomic mass is 16.4. The maximum absolute atomic E-state index is 10.5. The zero-order valence-corrected chi connectivity index (χ0v) is 6.72. The molecule has 1 N–H and O–H groups in total. The van der Waals surface area contributed by atoms with E-state index in [-0.39, 0.29) is 5.76 Å². The van der Waals surface area contributed by atoms with E-state index in [1.807, 2.05) is 0 Å². The Morgan fingerprint density at radius 1 is 1.55 bits per heavy atom. The van der Waals surface area contributed by atoms with Crippen molar-refractivity contribution in [3.05, 3.63) is 22.5 Å². The second-order valence-electron chi connectivity index (χ2n) is 2.63.